The smallest absolute Gasteiger partial charge is 0.341 e. The highest BCUT2D eigenvalue weighted by atomic mass is 32.1. The van der Waals surface area contributed by atoms with E-state index in [0.29, 0.717) is 17.2 Å². The maximum Gasteiger partial charge on any atom is 0.341 e. The van der Waals surface area contributed by atoms with Crippen LogP contribution in [-0.4, -0.2) is 24.0 Å². The van der Waals surface area contributed by atoms with Gasteiger partial charge in [-0.25, -0.2) is 4.79 Å². The lowest BCUT2D eigenvalue weighted by molar-refractivity contribution is -0.120. The maximum atomic E-state index is 11.8. The summed E-state index contributed by atoms with van der Waals surface area (Å²) in [6.07, 6.45) is 0. The number of thiophene rings is 1. The van der Waals surface area contributed by atoms with E-state index in [4.69, 9.17) is 10.5 Å². The molecule has 1 aromatic heterocycles. The molecule has 5 nitrogen and oxygen atoms in total. The Kier molecular flexibility index (Phi) is 4.48. The van der Waals surface area contributed by atoms with E-state index >= 15 is 0 Å². The van der Waals surface area contributed by atoms with Crippen LogP contribution in [0.3, 0.4) is 0 Å². The number of anilines is 1. The molecule has 0 fully saturated rings. The number of carbonyl (C=O) groups excluding carboxylic acids is 2. The highest BCUT2D eigenvalue weighted by Gasteiger charge is 2.25. The molecule has 1 rings (SSSR count). The Labute approximate surface area is 110 Å². The van der Waals surface area contributed by atoms with E-state index < -0.39 is 11.5 Å². The maximum absolute atomic E-state index is 11.8. The molecule has 100 valence electrons. The fraction of sp³-hybridized carbons (Fsp3) is 0.500. The summed E-state index contributed by atoms with van der Waals surface area (Å²) in [7, 11) is 0. The second-order valence-electron chi connectivity index (χ2n) is 4.50. The molecule has 3 N–H and O–H groups in total. The molecule has 0 saturated heterocycles. The summed E-state index contributed by atoms with van der Waals surface area (Å²) >= 11 is 1.32. The Morgan fingerprint density at radius 2 is 2.11 bits per heavy atom. The highest BCUT2D eigenvalue weighted by Crippen LogP contribution is 2.28. The number of hydrogen-bond donors (Lipinski definition) is 2. The minimum Gasteiger partial charge on any atom is -0.462 e. The molecule has 0 unspecified atom stereocenters. The molecule has 0 atom stereocenters. The van der Waals surface area contributed by atoms with E-state index in [-0.39, 0.29) is 5.91 Å². The molecule has 0 aliphatic heterocycles. The second-order valence-corrected chi connectivity index (χ2v) is 5.75. The Morgan fingerprint density at radius 1 is 1.50 bits per heavy atom. The molecule has 1 amide bonds. The van der Waals surface area contributed by atoms with Gasteiger partial charge in [-0.2, -0.15) is 0 Å². The minimum atomic E-state index is -0.996. The van der Waals surface area contributed by atoms with Crippen LogP contribution in [0.15, 0.2) is 6.07 Å². The average molecular weight is 270 g/mol. The van der Waals surface area contributed by atoms with E-state index in [1.165, 1.54) is 11.3 Å². The number of carbonyl (C=O) groups is 2. The van der Waals surface area contributed by atoms with E-state index in [1.807, 2.05) is 6.92 Å². The van der Waals surface area contributed by atoms with Crippen molar-refractivity contribution in [2.45, 2.75) is 33.2 Å². The number of ether oxygens (including phenoxy) is 1. The lowest BCUT2D eigenvalue weighted by Crippen LogP contribution is -2.45. The number of nitrogens with two attached hydrogens (primary N) is 1. The fourth-order valence-electron chi connectivity index (χ4n) is 1.23. The highest BCUT2D eigenvalue weighted by molar-refractivity contribution is 7.16. The minimum absolute atomic E-state index is 0.295. The molecule has 1 heterocycles. The molecule has 0 aliphatic carbocycles. The molecule has 0 bridgehead atoms. The van der Waals surface area contributed by atoms with Gasteiger partial charge in [0.15, 0.2) is 0 Å². The molecule has 1 aromatic rings. The van der Waals surface area contributed by atoms with Gasteiger partial charge in [-0.1, -0.05) is 0 Å². The Hall–Kier alpha value is -1.40. The van der Waals surface area contributed by atoms with Gasteiger partial charge in [0.2, 0.25) is 5.91 Å². The van der Waals surface area contributed by atoms with Crippen LogP contribution >= 0.6 is 11.3 Å². The first-order valence-corrected chi connectivity index (χ1v) is 6.45. The van der Waals surface area contributed by atoms with Crippen LogP contribution in [0.4, 0.5) is 5.00 Å². The number of hydrogen-bond acceptors (Lipinski definition) is 5. The number of aryl methyl sites for hydroxylation is 1. The lowest BCUT2D eigenvalue weighted by atomic mass is 10.1. The monoisotopic (exact) mass is 270 g/mol. The third kappa shape index (κ3) is 3.54. The second kappa shape index (κ2) is 5.49. The van der Waals surface area contributed by atoms with Crippen LogP contribution in [0, 0.1) is 6.92 Å². The Morgan fingerprint density at radius 3 is 2.61 bits per heavy atom. The van der Waals surface area contributed by atoms with Gasteiger partial charge in [-0.15, -0.1) is 11.3 Å². The molecular formula is C12H18N2O3S. The summed E-state index contributed by atoms with van der Waals surface area (Å²) in [6, 6.07) is 1.70. The third-order valence-corrected chi connectivity index (χ3v) is 3.13. The topological polar surface area (TPSA) is 81.4 Å². The van der Waals surface area contributed by atoms with Gasteiger partial charge in [0.25, 0.3) is 0 Å². The summed E-state index contributed by atoms with van der Waals surface area (Å²) in [6.45, 7) is 7.10. The van der Waals surface area contributed by atoms with Crippen LogP contribution in [-0.2, 0) is 9.53 Å². The van der Waals surface area contributed by atoms with Gasteiger partial charge in [-0.05, 0) is 33.8 Å². The van der Waals surface area contributed by atoms with E-state index in [0.717, 1.165) is 4.88 Å². The molecule has 0 spiro atoms. The standard InChI is InChI=1S/C12H18N2O3S/c1-5-17-10(15)8-6-7(2)18-9(8)14-11(16)12(3,4)13/h6H,5,13H2,1-4H3,(H,14,16). The predicted molar refractivity (Wildman–Crippen MR) is 71.9 cm³/mol. The predicted octanol–water partition coefficient (Wildman–Crippen LogP) is 1.91. The van der Waals surface area contributed by atoms with Crippen LogP contribution < -0.4 is 11.1 Å². The lowest BCUT2D eigenvalue weighted by Gasteiger charge is -2.17. The normalized spacial score (nSPS) is 11.2. The van der Waals surface area contributed by atoms with Crippen molar-refractivity contribution in [1.29, 1.82) is 0 Å². The average Bonchev–Trinajstić information content (AvgIpc) is 2.58. The summed E-state index contributed by atoms with van der Waals surface area (Å²) in [5, 5.41) is 3.15. The first-order chi connectivity index (χ1) is 8.25. The molecule has 0 aliphatic rings. The van der Waals surface area contributed by atoms with E-state index in [2.05, 4.69) is 5.32 Å². The van der Waals surface area contributed by atoms with E-state index in [1.54, 1.807) is 26.8 Å². The Bertz CT molecular complexity index is 460. The molecule has 6 heteroatoms. The van der Waals surface area contributed by atoms with Crippen molar-refractivity contribution in [2.75, 3.05) is 11.9 Å². The zero-order chi connectivity index (χ0) is 13.9. The van der Waals surface area contributed by atoms with Crippen LogP contribution in [0.5, 0.6) is 0 Å². The SMILES string of the molecule is CCOC(=O)c1cc(C)sc1NC(=O)C(C)(C)N. The van der Waals surface area contributed by atoms with Gasteiger partial charge in [0, 0.05) is 4.88 Å². The number of amides is 1. The number of nitrogens with one attached hydrogen (secondary N) is 1. The largest absolute Gasteiger partial charge is 0.462 e. The molecular weight excluding hydrogens is 252 g/mol. The van der Waals surface area contributed by atoms with Gasteiger partial charge in [0.1, 0.15) is 5.00 Å². The van der Waals surface area contributed by atoms with Crippen LogP contribution in [0.25, 0.3) is 0 Å². The molecule has 0 aromatic carbocycles. The van der Waals surface area contributed by atoms with Crippen molar-refractivity contribution in [3.63, 3.8) is 0 Å². The first-order valence-electron chi connectivity index (χ1n) is 5.63. The van der Waals surface area contributed by atoms with Gasteiger partial charge >= 0.3 is 5.97 Å². The fourth-order valence-corrected chi connectivity index (χ4v) is 2.13. The van der Waals surface area contributed by atoms with Crippen molar-refractivity contribution in [1.82, 2.24) is 0 Å². The number of esters is 1. The quantitative estimate of drug-likeness (QED) is 0.819. The van der Waals surface area contributed by atoms with Crippen molar-refractivity contribution in [3.8, 4) is 0 Å². The number of rotatable bonds is 4. The van der Waals surface area contributed by atoms with Gasteiger partial charge in [0.05, 0.1) is 17.7 Å². The zero-order valence-electron chi connectivity index (χ0n) is 11.0. The third-order valence-electron chi connectivity index (χ3n) is 2.16. The summed E-state index contributed by atoms with van der Waals surface area (Å²) < 4.78 is 4.93. The van der Waals surface area contributed by atoms with Gasteiger partial charge < -0.3 is 15.8 Å². The summed E-state index contributed by atoms with van der Waals surface area (Å²) in [5.74, 6) is -0.776. The van der Waals surface area contributed by atoms with Crippen molar-refractivity contribution >= 4 is 28.2 Å². The van der Waals surface area contributed by atoms with Crippen LogP contribution in [0.1, 0.15) is 36.0 Å². The molecule has 0 saturated carbocycles. The Balaban J connectivity index is 2.96. The van der Waals surface area contributed by atoms with Crippen molar-refractivity contribution in [2.24, 2.45) is 5.73 Å². The zero-order valence-corrected chi connectivity index (χ0v) is 11.8. The van der Waals surface area contributed by atoms with E-state index in [9.17, 15) is 9.59 Å². The first kappa shape index (κ1) is 14.7. The van der Waals surface area contributed by atoms with Gasteiger partial charge in [-0.3, -0.25) is 4.79 Å². The summed E-state index contributed by atoms with van der Waals surface area (Å²) in [4.78, 5) is 24.4. The molecule has 0 radical (unpaired) electrons. The summed E-state index contributed by atoms with van der Waals surface area (Å²) in [5.41, 5.74) is 5.07. The van der Waals surface area contributed by atoms with Crippen molar-refractivity contribution < 1.29 is 14.3 Å². The molecule has 18 heavy (non-hydrogen) atoms. The van der Waals surface area contributed by atoms with Crippen molar-refractivity contribution in [3.05, 3.63) is 16.5 Å². The van der Waals surface area contributed by atoms with Crippen LogP contribution in [0.2, 0.25) is 0 Å².